The quantitative estimate of drug-likeness (QED) is 0.398. The Kier molecular flexibility index (Phi) is 6.28. The molecule has 0 radical (unpaired) electrons. The normalized spacial score (nSPS) is 15.2. The number of nitrogens with one attached hydrogen (secondary N) is 2. The van der Waals surface area contributed by atoms with Gasteiger partial charge in [-0.25, -0.2) is 9.97 Å². The predicted molar refractivity (Wildman–Crippen MR) is 132 cm³/mol. The highest BCUT2D eigenvalue weighted by molar-refractivity contribution is 5.94. The van der Waals surface area contributed by atoms with E-state index in [9.17, 15) is 0 Å². The van der Waals surface area contributed by atoms with Crippen LogP contribution >= 0.6 is 0 Å². The Morgan fingerprint density at radius 2 is 1.91 bits per heavy atom. The average molecular weight is 447 g/mol. The molecule has 0 spiro atoms. The van der Waals surface area contributed by atoms with Crippen molar-refractivity contribution in [2.45, 2.75) is 6.42 Å². The average Bonchev–Trinajstić information content (AvgIpc) is 3.30. The number of piperazine rings is 1. The molecule has 1 aliphatic rings. The zero-order valence-electron chi connectivity index (χ0n) is 19.2. The number of likely N-dealkylation sites (N-methyl/N-ethyl adjacent to an activating group) is 1. The van der Waals surface area contributed by atoms with Crippen LogP contribution in [0.15, 0.2) is 48.9 Å². The standard InChI is InChI=1S/C25H30N6O2/c1-30-9-11-31(12-10-30)8-3-13-33-24-16-22-20(15-23(24)32-2)25(28-17-27-22)29-19-4-5-21-18(14-19)6-7-26-21/h4-7,14-17,26H,3,8-13H2,1-2H3,(H,27,28,29). The van der Waals surface area contributed by atoms with Gasteiger partial charge in [-0.15, -0.1) is 0 Å². The number of hydrogen-bond donors (Lipinski definition) is 2. The molecule has 3 heterocycles. The maximum atomic E-state index is 6.10. The number of nitrogens with zero attached hydrogens (tertiary/aromatic N) is 4. The van der Waals surface area contributed by atoms with Crippen LogP contribution in [-0.2, 0) is 0 Å². The molecule has 0 aliphatic carbocycles. The summed E-state index contributed by atoms with van der Waals surface area (Å²) >= 11 is 0. The van der Waals surface area contributed by atoms with E-state index in [-0.39, 0.29) is 0 Å². The van der Waals surface area contributed by atoms with Crippen LogP contribution in [0.3, 0.4) is 0 Å². The SMILES string of the molecule is COc1cc2c(Nc3ccc4[nH]ccc4c3)ncnc2cc1OCCCN1CCN(C)CC1. The second-order valence-electron chi connectivity index (χ2n) is 8.49. The molecule has 1 aliphatic heterocycles. The molecule has 1 saturated heterocycles. The molecule has 0 saturated carbocycles. The number of H-pyrrole nitrogens is 1. The van der Waals surface area contributed by atoms with Gasteiger partial charge in [0.15, 0.2) is 11.5 Å². The molecule has 0 bridgehead atoms. The van der Waals surface area contributed by atoms with Gasteiger partial charge >= 0.3 is 0 Å². The number of hydrogen-bond acceptors (Lipinski definition) is 7. The van der Waals surface area contributed by atoms with Crippen LogP contribution in [0.2, 0.25) is 0 Å². The van der Waals surface area contributed by atoms with E-state index in [4.69, 9.17) is 9.47 Å². The molecule has 0 atom stereocenters. The fourth-order valence-corrected chi connectivity index (χ4v) is 4.25. The zero-order chi connectivity index (χ0) is 22.6. The number of ether oxygens (including phenoxy) is 2. The molecule has 2 aromatic heterocycles. The number of aromatic nitrogens is 3. The van der Waals surface area contributed by atoms with Gasteiger partial charge in [0.25, 0.3) is 0 Å². The predicted octanol–water partition coefficient (Wildman–Crippen LogP) is 3.88. The van der Waals surface area contributed by atoms with Crippen LogP contribution in [0.25, 0.3) is 21.8 Å². The van der Waals surface area contributed by atoms with Gasteiger partial charge in [-0.1, -0.05) is 0 Å². The van der Waals surface area contributed by atoms with Crippen molar-refractivity contribution in [3.8, 4) is 11.5 Å². The fourth-order valence-electron chi connectivity index (χ4n) is 4.25. The Balaban J connectivity index is 1.29. The number of anilines is 2. The van der Waals surface area contributed by atoms with Gasteiger partial charge < -0.3 is 29.6 Å². The summed E-state index contributed by atoms with van der Waals surface area (Å²) in [5, 5.41) is 5.45. The smallest absolute Gasteiger partial charge is 0.163 e. The van der Waals surface area contributed by atoms with Gasteiger partial charge in [0.2, 0.25) is 0 Å². The third-order valence-electron chi connectivity index (χ3n) is 6.21. The third kappa shape index (κ3) is 4.86. The van der Waals surface area contributed by atoms with E-state index < -0.39 is 0 Å². The number of fused-ring (bicyclic) bond motifs is 2. The molecule has 2 aromatic carbocycles. The second-order valence-corrected chi connectivity index (χ2v) is 8.49. The van der Waals surface area contributed by atoms with Crippen LogP contribution in [-0.4, -0.2) is 78.2 Å². The Morgan fingerprint density at radius 3 is 2.76 bits per heavy atom. The molecular weight excluding hydrogens is 416 g/mol. The van der Waals surface area contributed by atoms with Gasteiger partial charge in [0, 0.05) is 67.0 Å². The molecule has 5 rings (SSSR count). The summed E-state index contributed by atoms with van der Waals surface area (Å²) < 4.78 is 11.7. The fraction of sp³-hybridized carbons (Fsp3) is 0.360. The minimum atomic E-state index is 0.640. The maximum absolute atomic E-state index is 6.10. The number of benzene rings is 2. The number of aromatic amines is 1. The molecular formula is C25H30N6O2. The lowest BCUT2D eigenvalue weighted by Crippen LogP contribution is -2.44. The lowest BCUT2D eigenvalue weighted by atomic mass is 10.2. The first kappa shape index (κ1) is 21.5. The van der Waals surface area contributed by atoms with Crippen LogP contribution in [0.5, 0.6) is 11.5 Å². The third-order valence-corrected chi connectivity index (χ3v) is 6.21. The van der Waals surface area contributed by atoms with Crippen molar-refractivity contribution in [2.24, 2.45) is 0 Å². The summed E-state index contributed by atoms with van der Waals surface area (Å²) in [5.74, 6) is 2.12. The van der Waals surface area contributed by atoms with Gasteiger partial charge in [-0.3, -0.25) is 0 Å². The van der Waals surface area contributed by atoms with E-state index in [1.165, 1.54) is 0 Å². The Labute approximate surface area is 193 Å². The molecule has 8 heteroatoms. The topological polar surface area (TPSA) is 78.5 Å². The summed E-state index contributed by atoms with van der Waals surface area (Å²) in [6.07, 6.45) is 4.48. The largest absolute Gasteiger partial charge is 0.493 e. The minimum Gasteiger partial charge on any atom is -0.493 e. The van der Waals surface area contributed by atoms with E-state index >= 15 is 0 Å². The minimum absolute atomic E-state index is 0.640. The Hall–Kier alpha value is -3.36. The molecule has 33 heavy (non-hydrogen) atoms. The van der Waals surface area contributed by atoms with Crippen molar-refractivity contribution in [2.75, 3.05) is 58.8 Å². The van der Waals surface area contributed by atoms with E-state index in [0.29, 0.717) is 18.1 Å². The molecule has 2 N–H and O–H groups in total. The first-order chi connectivity index (χ1) is 16.2. The van der Waals surface area contributed by atoms with Crippen LogP contribution in [0, 0.1) is 0 Å². The molecule has 1 fully saturated rings. The summed E-state index contributed by atoms with van der Waals surface area (Å²) in [6.45, 7) is 6.20. The molecule has 8 nitrogen and oxygen atoms in total. The molecule has 0 unspecified atom stereocenters. The summed E-state index contributed by atoms with van der Waals surface area (Å²) in [7, 11) is 3.84. The van der Waals surface area contributed by atoms with Crippen LogP contribution in [0.4, 0.5) is 11.5 Å². The van der Waals surface area contributed by atoms with Crippen molar-refractivity contribution in [3.05, 3.63) is 48.9 Å². The van der Waals surface area contributed by atoms with Crippen molar-refractivity contribution in [3.63, 3.8) is 0 Å². The highest BCUT2D eigenvalue weighted by Gasteiger charge is 2.15. The van der Waals surface area contributed by atoms with E-state index in [0.717, 1.165) is 72.5 Å². The van der Waals surface area contributed by atoms with E-state index in [2.05, 4.69) is 55.3 Å². The van der Waals surface area contributed by atoms with Crippen LogP contribution in [0.1, 0.15) is 6.42 Å². The van der Waals surface area contributed by atoms with Crippen molar-refractivity contribution in [1.29, 1.82) is 0 Å². The molecule has 172 valence electrons. The van der Waals surface area contributed by atoms with E-state index in [1.807, 2.05) is 24.4 Å². The van der Waals surface area contributed by atoms with Crippen LogP contribution < -0.4 is 14.8 Å². The molecule has 4 aromatic rings. The van der Waals surface area contributed by atoms with E-state index in [1.54, 1.807) is 13.4 Å². The lowest BCUT2D eigenvalue weighted by molar-refractivity contribution is 0.145. The monoisotopic (exact) mass is 446 g/mol. The first-order valence-electron chi connectivity index (χ1n) is 11.4. The zero-order valence-corrected chi connectivity index (χ0v) is 19.2. The van der Waals surface area contributed by atoms with Crippen molar-refractivity contribution in [1.82, 2.24) is 24.8 Å². The second kappa shape index (κ2) is 9.64. The van der Waals surface area contributed by atoms with Crippen molar-refractivity contribution >= 4 is 33.3 Å². The van der Waals surface area contributed by atoms with Gasteiger partial charge in [-0.05, 0) is 43.8 Å². The lowest BCUT2D eigenvalue weighted by Gasteiger charge is -2.32. The number of rotatable bonds is 8. The van der Waals surface area contributed by atoms with Gasteiger partial charge in [0.05, 0.1) is 19.2 Å². The van der Waals surface area contributed by atoms with Gasteiger partial charge in [0.1, 0.15) is 12.1 Å². The first-order valence-corrected chi connectivity index (χ1v) is 11.4. The Morgan fingerprint density at radius 1 is 1.03 bits per heavy atom. The molecule has 0 amide bonds. The van der Waals surface area contributed by atoms with Crippen molar-refractivity contribution < 1.29 is 9.47 Å². The highest BCUT2D eigenvalue weighted by Crippen LogP contribution is 2.35. The summed E-state index contributed by atoms with van der Waals surface area (Å²) in [4.78, 5) is 17.0. The maximum Gasteiger partial charge on any atom is 0.163 e. The van der Waals surface area contributed by atoms with Gasteiger partial charge in [-0.2, -0.15) is 0 Å². The number of methoxy groups -OCH3 is 1. The highest BCUT2D eigenvalue weighted by atomic mass is 16.5. The Bertz CT molecular complexity index is 1230. The summed E-state index contributed by atoms with van der Waals surface area (Å²) in [5.41, 5.74) is 2.87. The summed E-state index contributed by atoms with van der Waals surface area (Å²) in [6, 6.07) is 12.1.